The van der Waals surface area contributed by atoms with Crippen molar-refractivity contribution in [3.63, 3.8) is 0 Å². The smallest absolute Gasteiger partial charge is 0.328 e. The number of carbonyl (C=O) groups is 5. The zero-order valence-electron chi connectivity index (χ0n) is 34.7. The highest BCUT2D eigenvalue weighted by Crippen LogP contribution is 2.29. The third-order valence-corrected chi connectivity index (χ3v) is 10.9. The summed E-state index contributed by atoms with van der Waals surface area (Å²) in [6, 6.07) is 5.40. The summed E-state index contributed by atoms with van der Waals surface area (Å²) in [6.07, 6.45) is 0.931. The van der Waals surface area contributed by atoms with Gasteiger partial charge in [-0.25, -0.2) is 4.79 Å². The van der Waals surface area contributed by atoms with Crippen molar-refractivity contribution in [3.05, 3.63) is 35.9 Å². The van der Waals surface area contributed by atoms with E-state index in [4.69, 9.17) is 19.9 Å². The van der Waals surface area contributed by atoms with Gasteiger partial charge in [0.25, 0.3) is 0 Å². The molecular weight excluding hydrogens is 692 g/mol. The highest BCUT2D eigenvalue weighted by molar-refractivity contribution is 5.90. The second-order valence-electron chi connectivity index (χ2n) is 15.4. The van der Waals surface area contributed by atoms with Gasteiger partial charge in [0.2, 0.25) is 23.6 Å². The molecule has 0 spiro atoms. The van der Waals surface area contributed by atoms with Gasteiger partial charge in [-0.1, -0.05) is 71.4 Å². The molecule has 0 unspecified atom stereocenters. The van der Waals surface area contributed by atoms with E-state index in [1.807, 2.05) is 77.0 Å². The molecule has 4 amide bonds. The van der Waals surface area contributed by atoms with Crippen LogP contribution in [0.15, 0.2) is 30.3 Å². The summed E-state index contributed by atoms with van der Waals surface area (Å²) in [4.78, 5) is 73.1. The number of benzene rings is 1. The number of likely N-dealkylation sites (N-methyl/N-ethyl adjacent to an activating group) is 2. The lowest BCUT2D eigenvalue weighted by molar-refractivity contribution is -0.148. The van der Waals surface area contributed by atoms with Gasteiger partial charge in [-0.3, -0.25) is 24.1 Å². The van der Waals surface area contributed by atoms with Crippen LogP contribution in [0, 0.1) is 17.8 Å². The number of nitrogens with two attached hydrogens (primary N) is 1. The lowest BCUT2D eigenvalue weighted by atomic mass is 9.89. The molecule has 0 radical (unpaired) electrons. The van der Waals surface area contributed by atoms with Crippen LogP contribution in [-0.2, 0) is 44.6 Å². The summed E-state index contributed by atoms with van der Waals surface area (Å²) in [5.41, 5.74) is 7.18. The monoisotopic (exact) mass is 761 g/mol. The molecule has 1 heterocycles. The van der Waals surface area contributed by atoms with E-state index in [1.165, 1.54) is 21.3 Å². The van der Waals surface area contributed by atoms with Gasteiger partial charge in [-0.05, 0) is 51.3 Å². The fraction of sp³-hybridized carbons (Fsp3) is 0.725. The van der Waals surface area contributed by atoms with Crippen molar-refractivity contribution in [1.29, 1.82) is 0 Å². The van der Waals surface area contributed by atoms with Crippen LogP contribution in [0.4, 0.5) is 0 Å². The van der Waals surface area contributed by atoms with Crippen LogP contribution >= 0.6 is 0 Å². The third-order valence-electron chi connectivity index (χ3n) is 10.9. The number of carbonyl (C=O) groups excluding carboxylic acids is 5. The highest BCUT2D eigenvalue weighted by atomic mass is 16.5. The molecule has 2 rings (SSSR count). The Balaban J connectivity index is 2.29. The van der Waals surface area contributed by atoms with E-state index in [0.29, 0.717) is 25.8 Å². The fourth-order valence-electron chi connectivity index (χ4n) is 7.80. The predicted molar refractivity (Wildman–Crippen MR) is 208 cm³/mol. The normalized spacial score (nSPS) is 19.5. The van der Waals surface area contributed by atoms with Crippen LogP contribution < -0.4 is 16.4 Å². The van der Waals surface area contributed by atoms with Crippen LogP contribution in [0.3, 0.4) is 0 Å². The molecule has 1 aromatic rings. The number of methoxy groups -OCH3 is 3. The van der Waals surface area contributed by atoms with Crippen molar-refractivity contribution in [2.45, 2.75) is 122 Å². The number of nitrogens with zero attached hydrogens (tertiary/aromatic N) is 3. The fourth-order valence-corrected chi connectivity index (χ4v) is 7.80. The van der Waals surface area contributed by atoms with Gasteiger partial charge in [-0.15, -0.1) is 0 Å². The van der Waals surface area contributed by atoms with Crippen molar-refractivity contribution in [3.8, 4) is 0 Å². The van der Waals surface area contributed by atoms with Crippen LogP contribution in [0.25, 0.3) is 0 Å². The maximum atomic E-state index is 14.2. The highest BCUT2D eigenvalue weighted by Gasteiger charge is 2.43. The number of hydrogen-bond donors (Lipinski definition) is 3. The molecule has 306 valence electrons. The Hall–Kier alpha value is -3.59. The van der Waals surface area contributed by atoms with Crippen molar-refractivity contribution in [2.24, 2.45) is 23.5 Å². The second kappa shape index (κ2) is 22.1. The molecule has 1 aliphatic rings. The summed E-state index contributed by atoms with van der Waals surface area (Å²) in [5, 5.41) is 5.76. The Morgan fingerprint density at radius 3 is 2.06 bits per heavy atom. The minimum absolute atomic E-state index is 0.000728. The molecular formula is C40H68N6O8. The molecule has 54 heavy (non-hydrogen) atoms. The van der Waals surface area contributed by atoms with E-state index in [0.717, 1.165) is 5.56 Å². The Labute approximate surface area is 323 Å². The van der Waals surface area contributed by atoms with Crippen LogP contribution in [0.1, 0.15) is 72.8 Å². The zero-order chi connectivity index (χ0) is 40.9. The van der Waals surface area contributed by atoms with E-state index < -0.39 is 60.3 Å². The summed E-state index contributed by atoms with van der Waals surface area (Å²) in [5.74, 6) is -2.57. The van der Waals surface area contributed by atoms with Crippen molar-refractivity contribution in [1.82, 2.24) is 25.3 Å². The molecule has 0 aliphatic carbocycles. The van der Waals surface area contributed by atoms with Gasteiger partial charge in [0.05, 0.1) is 49.8 Å². The average molecular weight is 761 g/mol. The number of rotatable bonds is 21. The van der Waals surface area contributed by atoms with Gasteiger partial charge < -0.3 is 40.4 Å². The molecule has 1 saturated heterocycles. The van der Waals surface area contributed by atoms with Gasteiger partial charge in [-0.2, -0.15) is 0 Å². The van der Waals surface area contributed by atoms with Crippen molar-refractivity contribution in [2.75, 3.05) is 49.0 Å². The maximum absolute atomic E-state index is 14.2. The van der Waals surface area contributed by atoms with Crippen LogP contribution in [0.5, 0.6) is 0 Å². The Morgan fingerprint density at radius 1 is 0.926 bits per heavy atom. The molecule has 1 fully saturated rings. The Kier molecular flexibility index (Phi) is 19.0. The van der Waals surface area contributed by atoms with Crippen molar-refractivity contribution < 1.29 is 38.2 Å². The topological polar surface area (TPSA) is 173 Å². The van der Waals surface area contributed by atoms with Gasteiger partial charge in [0.1, 0.15) is 12.1 Å². The third kappa shape index (κ3) is 12.2. The molecule has 1 aliphatic heterocycles. The van der Waals surface area contributed by atoms with Crippen LogP contribution in [-0.4, -0.2) is 142 Å². The number of amides is 4. The van der Waals surface area contributed by atoms with Crippen LogP contribution in [0.2, 0.25) is 0 Å². The first kappa shape index (κ1) is 46.6. The Morgan fingerprint density at radius 2 is 1.56 bits per heavy atom. The largest absolute Gasteiger partial charge is 0.467 e. The van der Waals surface area contributed by atoms with Gasteiger partial charge in [0.15, 0.2) is 0 Å². The quantitative estimate of drug-likeness (QED) is 0.158. The minimum Gasteiger partial charge on any atom is -0.467 e. The zero-order valence-corrected chi connectivity index (χ0v) is 34.7. The number of ether oxygens (including phenoxy) is 3. The van der Waals surface area contributed by atoms with Gasteiger partial charge >= 0.3 is 5.97 Å². The first-order chi connectivity index (χ1) is 25.4. The number of hydrogen-bond acceptors (Lipinski definition) is 10. The first-order valence-electron chi connectivity index (χ1n) is 19.2. The summed E-state index contributed by atoms with van der Waals surface area (Å²) in [7, 11) is 9.64. The predicted octanol–water partition coefficient (Wildman–Crippen LogP) is 2.23. The number of likely N-dealkylation sites (tertiary alicyclic amines) is 1. The SMILES string of the molecule is CC[C@H](C)[C@@H]([C@@H](CC(=O)N1CCC[C@H]1[C@H](OC)[C@@H](C)C(=O)N[C@@H](Cc1ccccc1)C(=O)OC)OC)N(C)C(=O)[C@H](NC(=O)[C@H](C(C)C)N(C)C)[C@H](C)N. The standard InChI is InChI=1S/C40H68N6O8/c1-13-25(4)35(45(9)39(50)33(27(6)41)43-38(49)34(24(2)3)44(7)8)31(52-10)23-32(47)46-21-17-20-30(46)36(53-11)26(5)37(48)42-29(40(51)54-12)22-28-18-15-14-16-19-28/h14-16,18-19,24-27,29-31,33-36H,13,17,20-23,41H2,1-12H3,(H,42,48)(H,43,49)/t25-,26+,27-,29-,30-,31+,33+,34-,35-,36+/m0/s1. The van der Waals surface area contributed by atoms with Gasteiger partial charge in [0, 0.05) is 40.3 Å². The average Bonchev–Trinajstić information content (AvgIpc) is 3.62. The molecule has 0 aromatic heterocycles. The van der Waals surface area contributed by atoms with E-state index in [-0.39, 0.29) is 48.3 Å². The van der Waals surface area contributed by atoms with E-state index >= 15 is 0 Å². The molecule has 0 saturated carbocycles. The van der Waals surface area contributed by atoms with Crippen molar-refractivity contribution >= 4 is 29.6 Å². The molecule has 4 N–H and O–H groups in total. The summed E-state index contributed by atoms with van der Waals surface area (Å²) in [6.45, 7) is 11.8. The molecule has 10 atom stereocenters. The summed E-state index contributed by atoms with van der Waals surface area (Å²) < 4.78 is 16.9. The molecule has 1 aromatic carbocycles. The molecule has 14 heteroatoms. The maximum Gasteiger partial charge on any atom is 0.328 e. The lowest BCUT2D eigenvalue weighted by Gasteiger charge is -2.41. The second-order valence-corrected chi connectivity index (χ2v) is 15.4. The minimum atomic E-state index is -0.993. The van der Waals surface area contributed by atoms with E-state index in [1.54, 1.807) is 30.7 Å². The summed E-state index contributed by atoms with van der Waals surface area (Å²) >= 11 is 0. The molecule has 14 nitrogen and oxygen atoms in total. The van der Waals surface area contributed by atoms with E-state index in [2.05, 4.69) is 10.6 Å². The number of nitrogens with one attached hydrogen (secondary N) is 2. The lowest BCUT2D eigenvalue weighted by Crippen LogP contribution is -2.62. The number of esters is 1. The molecule has 0 bridgehead atoms. The first-order valence-corrected chi connectivity index (χ1v) is 19.2. The van der Waals surface area contributed by atoms with E-state index in [9.17, 15) is 24.0 Å². The Bertz CT molecular complexity index is 1350.